The van der Waals surface area contributed by atoms with E-state index in [1.54, 1.807) is 7.11 Å². The van der Waals surface area contributed by atoms with E-state index in [-0.39, 0.29) is 0 Å². The van der Waals surface area contributed by atoms with Gasteiger partial charge < -0.3 is 19.3 Å². The van der Waals surface area contributed by atoms with Crippen LogP contribution in [-0.2, 0) is 12.8 Å². The molecule has 6 heteroatoms. The first-order valence-corrected chi connectivity index (χ1v) is 16.1. The summed E-state index contributed by atoms with van der Waals surface area (Å²) in [6, 6.07) is 10.6. The zero-order valence-electron chi connectivity index (χ0n) is 23.8. The fourth-order valence-corrected chi connectivity index (χ4v) is 5.09. The van der Waals surface area contributed by atoms with E-state index in [0.717, 1.165) is 50.7 Å². The van der Waals surface area contributed by atoms with Crippen molar-refractivity contribution in [2.24, 2.45) is 11.3 Å². The second kappa shape index (κ2) is 14.9. The summed E-state index contributed by atoms with van der Waals surface area (Å²) in [6.07, 6.45) is 13.8. The minimum atomic E-state index is -0.864. The van der Waals surface area contributed by atoms with Gasteiger partial charge in [-0.05, 0) is 85.9 Å². The third-order valence-corrected chi connectivity index (χ3v) is 7.84. The molecule has 2 aromatic rings. The predicted molar refractivity (Wildman–Crippen MR) is 158 cm³/mol. The lowest BCUT2D eigenvalue weighted by Crippen LogP contribution is -2.36. The van der Waals surface area contributed by atoms with Gasteiger partial charge in [-0.2, -0.15) is 0 Å². The van der Waals surface area contributed by atoms with Gasteiger partial charge in [-0.3, -0.25) is 0 Å². The van der Waals surface area contributed by atoms with Crippen LogP contribution >= 0.6 is 8.15 Å². The molecule has 1 aliphatic carbocycles. The monoisotopic (exact) mass is 528 g/mol. The zero-order valence-corrected chi connectivity index (χ0v) is 24.7. The summed E-state index contributed by atoms with van der Waals surface area (Å²) in [4.78, 5) is 16.5. The second-order valence-electron chi connectivity index (χ2n) is 11.8. The maximum Gasteiger partial charge on any atom is 0.213 e. The Kier molecular flexibility index (Phi) is 12.0. The number of aromatic nitrogens is 1. The smallest absolute Gasteiger partial charge is 0.213 e. The van der Waals surface area contributed by atoms with Crippen LogP contribution in [0.5, 0.6) is 11.6 Å². The average molecular weight is 529 g/mol. The van der Waals surface area contributed by atoms with Crippen molar-refractivity contribution in [2.45, 2.75) is 78.6 Å². The molecule has 1 unspecified atom stereocenters. The molecule has 1 aliphatic heterocycles. The van der Waals surface area contributed by atoms with Crippen molar-refractivity contribution in [1.29, 1.82) is 0 Å². The van der Waals surface area contributed by atoms with E-state index in [9.17, 15) is 4.89 Å². The second-order valence-corrected chi connectivity index (χ2v) is 13.6. The highest BCUT2D eigenvalue weighted by molar-refractivity contribution is 7.50. The molecule has 1 aromatic carbocycles. The Morgan fingerprint density at radius 2 is 1.78 bits per heavy atom. The summed E-state index contributed by atoms with van der Waals surface area (Å²) in [5, 5.41) is 0. The van der Waals surface area contributed by atoms with E-state index >= 15 is 0 Å². The number of hydrogen-bond acceptors (Lipinski definition) is 5. The zero-order chi connectivity index (χ0) is 26.7. The number of methoxy groups -OCH3 is 1. The van der Waals surface area contributed by atoms with Gasteiger partial charge in [0, 0.05) is 45.3 Å². The van der Waals surface area contributed by atoms with Gasteiger partial charge >= 0.3 is 0 Å². The molecule has 0 bridgehead atoms. The fourth-order valence-electron chi connectivity index (χ4n) is 4.51. The van der Waals surface area contributed by atoms with Crippen molar-refractivity contribution in [2.75, 3.05) is 44.5 Å². The quantitative estimate of drug-likeness (QED) is 0.306. The third kappa shape index (κ3) is 11.6. The number of rotatable bonds is 11. The van der Waals surface area contributed by atoms with Crippen molar-refractivity contribution in [3.05, 3.63) is 47.7 Å². The normalized spacial score (nSPS) is 16.5. The summed E-state index contributed by atoms with van der Waals surface area (Å²) in [6.45, 7) is 11.6. The summed E-state index contributed by atoms with van der Waals surface area (Å²) in [5.41, 5.74) is 4.32. The van der Waals surface area contributed by atoms with E-state index in [4.69, 9.17) is 9.47 Å². The highest BCUT2D eigenvalue weighted by atomic mass is 31.1. The van der Waals surface area contributed by atoms with Crippen molar-refractivity contribution in [1.82, 2.24) is 4.98 Å². The highest BCUT2D eigenvalue weighted by Gasteiger charge is 2.22. The van der Waals surface area contributed by atoms with Crippen LogP contribution in [0.15, 0.2) is 36.5 Å². The van der Waals surface area contributed by atoms with Crippen LogP contribution in [0, 0.1) is 11.3 Å². The van der Waals surface area contributed by atoms with Crippen molar-refractivity contribution in [3.8, 4) is 11.6 Å². The minimum absolute atomic E-state index is 0.372. The van der Waals surface area contributed by atoms with Crippen LogP contribution in [0.4, 0.5) is 5.69 Å². The molecule has 206 valence electrons. The van der Waals surface area contributed by atoms with E-state index in [1.165, 1.54) is 48.9 Å². The number of aryl methyl sites for hydroxylation is 2. The molecule has 1 saturated carbocycles. The van der Waals surface area contributed by atoms with Crippen LogP contribution in [0.1, 0.15) is 76.8 Å². The summed E-state index contributed by atoms with van der Waals surface area (Å²) >= 11 is 0. The molecule has 5 nitrogen and oxygen atoms in total. The lowest BCUT2D eigenvalue weighted by Gasteiger charge is -2.35. The molecule has 1 N–H and O–H groups in total. The molecule has 2 fully saturated rings. The van der Waals surface area contributed by atoms with Crippen LogP contribution in [-0.4, -0.2) is 49.5 Å². The molecule has 0 amide bonds. The van der Waals surface area contributed by atoms with Crippen LogP contribution in [0.25, 0.3) is 0 Å². The molecule has 0 spiro atoms. The van der Waals surface area contributed by atoms with Crippen LogP contribution in [0.3, 0.4) is 0 Å². The first-order chi connectivity index (χ1) is 17.7. The molecule has 2 heterocycles. The maximum atomic E-state index is 9.59. The Bertz CT molecular complexity index is 932. The van der Waals surface area contributed by atoms with Gasteiger partial charge in [0.05, 0.1) is 13.7 Å². The van der Waals surface area contributed by atoms with E-state index in [2.05, 4.69) is 48.9 Å². The fraction of sp³-hybridized carbons (Fsp3) is 0.645. The lowest BCUT2D eigenvalue weighted by molar-refractivity contribution is 0.216. The number of ether oxygens (including phenoxy) is 2. The number of benzene rings is 1. The topological polar surface area (TPSA) is 54.8 Å². The minimum Gasteiger partial charge on any atom is -0.497 e. The van der Waals surface area contributed by atoms with Gasteiger partial charge in [-0.25, -0.2) is 4.98 Å². The molecular formula is C31H49N2O3P. The van der Waals surface area contributed by atoms with Gasteiger partial charge in [0.25, 0.3) is 0 Å². The standard InChI is InChI=1S/C28H43N2O3P.C3H6/c1-28(2,3)14-6-7-24-8-9-25(32-4)20-26(24)30-16-11-23(12-17-30)21-33-27-19-22(10-15-29-27)13-18-34(5)31;1-2-3-1/h8-10,15,19-20,23,31H,6-7,11-14,16-18,21H2,1-5H3;1-3H2. The Morgan fingerprint density at radius 1 is 1.05 bits per heavy atom. The predicted octanol–water partition coefficient (Wildman–Crippen LogP) is 7.49. The number of anilines is 1. The molecule has 1 saturated heterocycles. The summed E-state index contributed by atoms with van der Waals surface area (Å²) in [7, 11) is 0.882. The van der Waals surface area contributed by atoms with Crippen LogP contribution in [0.2, 0.25) is 0 Å². The van der Waals surface area contributed by atoms with E-state index < -0.39 is 8.15 Å². The molecule has 0 radical (unpaired) electrons. The SMILES string of the molecule is C1CC1.COc1ccc(CCCC(C)(C)C)c(N2CCC(COc3cc(CCP(C)O)ccn3)CC2)c1. The average Bonchev–Trinajstić information content (AvgIpc) is 3.76. The van der Waals surface area contributed by atoms with Gasteiger partial charge in [0.15, 0.2) is 0 Å². The number of nitrogens with zero attached hydrogens (tertiary/aromatic N) is 2. The first-order valence-electron chi connectivity index (χ1n) is 14.1. The highest BCUT2D eigenvalue weighted by Crippen LogP contribution is 2.32. The molecule has 2 aliphatic rings. The van der Waals surface area contributed by atoms with E-state index in [0.29, 0.717) is 23.8 Å². The largest absolute Gasteiger partial charge is 0.497 e. The molecule has 37 heavy (non-hydrogen) atoms. The summed E-state index contributed by atoms with van der Waals surface area (Å²) < 4.78 is 11.6. The van der Waals surface area contributed by atoms with Gasteiger partial charge in [-0.15, -0.1) is 0 Å². The van der Waals surface area contributed by atoms with Crippen molar-refractivity contribution < 1.29 is 14.4 Å². The van der Waals surface area contributed by atoms with Crippen molar-refractivity contribution in [3.63, 3.8) is 0 Å². The van der Waals surface area contributed by atoms with E-state index in [1.807, 2.05) is 25.0 Å². The molecule has 1 atom stereocenters. The summed E-state index contributed by atoms with van der Waals surface area (Å²) in [5.74, 6) is 2.17. The maximum absolute atomic E-state index is 9.59. The van der Waals surface area contributed by atoms with Crippen LogP contribution < -0.4 is 14.4 Å². The third-order valence-electron chi connectivity index (χ3n) is 6.96. The van der Waals surface area contributed by atoms with Crippen molar-refractivity contribution >= 4 is 13.8 Å². The Hall–Kier alpha value is -1.84. The Balaban J connectivity index is 0.00000118. The molecule has 4 rings (SSSR count). The number of pyridine rings is 1. The Morgan fingerprint density at radius 3 is 2.41 bits per heavy atom. The number of hydrogen-bond donors (Lipinski definition) is 1. The number of piperidine rings is 1. The lowest BCUT2D eigenvalue weighted by atomic mass is 9.88. The van der Waals surface area contributed by atoms with Gasteiger partial charge in [-0.1, -0.05) is 46.1 Å². The first kappa shape index (κ1) is 29.7. The Labute approximate surface area is 226 Å². The van der Waals surface area contributed by atoms with Gasteiger partial charge in [0.2, 0.25) is 5.88 Å². The molecule has 1 aromatic heterocycles. The molecular weight excluding hydrogens is 479 g/mol. The van der Waals surface area contributed by atoms with Gasteiger partial charge in [0.1, 0.15) is 5.75 Å².